The van der Waals surface area contributed by atoms with Crippen molar-refractivity contribution in [1.29, 1.82) is 0 Å². The molecule has 0 spiro atoms. The third kappa shape index (κ3) is 4.62. The number of anilines is 4. The fraction of sp³-hybridized carbons (Fsp3) is 0.278. The first-order chi connectivity index (χ1) is 12.8. The maximum absolute atomic E-state index is 6.20. The molecule has 2 aromatic heterocycles. The summed E-state index contributed by atoms with van der Waals surface area (Å²) in [5, 5.41) is 6.47. The third-order valence-corrected chi connectivity index (χ3v) is 3.76. The van der Waals surface area contributed by atoms with Crippen molar-refractivity contribution in [2.75, 3.05) is 29.5 Å². The van der Waals surface area contributed by atoms with Crippen LogP contribution < -0.4 is 21.1 Å². The van der Waals surface area contributed by atoms with Crippen molar-refractivity contribution in [2.45, 2.75) is 19.9 Å². The molecule has 0 fully saturated rings. The van der Waals surface area contributed by atoms with E-state index in [2.05, 4.69) is 25.6 Å². The van der Waals surface area contributed by atoms with E-state index >= 15 is 0 Å². The van der Waals surface area contributed by atoms with Crippen molar-refractivity contribution in [2.24, 2.45) is 0 Å². The van der Waals surface area contributed by atoms with Gasteiger partial charge in [-0.2, -0.15) is 0 Å². The minimum Gasteiger partial charge on any atom is -0.494 e. The number of hydrogen-bond donors (Lipinski definition) is 3. The van der Waals surface area contributed by atoms with Crippen LogP contribution in [0.25, 0.3) is 0 Å². The summed E-state index contributed by atoms with van der Waals surface area (Å²) in [4.78, 5) is 12.5. The van der Waals surface area contributed by atoms with Gasteiger partial charge in [0.2, 0.25) is 0 Å². The summed E-state index contributed by atoms with van der Waals surface area (Å²) < 4.78 is 7.47. The summed E-state index contributed by atoms with van der Waals surface area (Å²) in [5.41, 5.74) is 7.57. The summed E-state index contributed by atoms with van der Waals surface area (Å²) in [7, 11) is 0. The molecule has 0 saturated carbocycles. The molecule has 4 N–H and O–H groups in total. The molecule has 26 heavy (non-hydrogen) atoms. The molecule has 0 aliphatic carbocycles. The molecule has 0 aliphatic heterocycles. The van der Waals surface area contributed by atoms with E-state index < -0.39 is 0 Å². The second-order valence-corrected chi connectivity index (χ2v) is 5.65. The Balaban J connectivity index is 1.57. The molecule has 0 aliphatic rings. The lowest BCUT2D eigenvalue weighted by molar-refractivity contribution is 0.340. The maximum atomic E-state index is 6.20. The van der Waals surface area contributed by atoms with Gasteiger partial charge in [-0.3, -0.25) is 0 Å². The second kappa shape index (κ2) is 8.70. The van der Waals surface area contributed by atoms with E-state index in [4.69, 9.17) is 10.5 Å². The van der Waals surface area contributed by atoms with Crippen LogP contribution in [0.2, 0.25) is 0 Å². The molecule has 0 saturated heterocycles. The second-order valence-electron chi connectivity index (χ2n) is 5.65. The van der Waals surface area contributed by atoms with Crippen LogP contribution in [-0.2, 0) is 6.54 Å². The molecule has 3 rings (SSSR count). The van der Waals surface area contributed by atoms with E-state index in [1.807, 2.05) is 42.0 Å². The molecule has 0 unspecified atom stereocenters. The van der Waals surface area contributed by atoms with Crippen LogP contribution in [0.1, 0.15) is 13.3 Å². The minimum atomic E-state index is 0.490. The van der Waals surface area contributed by atoms with Gasteiger partial charge in [-0.1, -0.05) is 0 Å². The molecule has 8 nitrogen and oxygen atoms in total. The van der Waals surface area contributed by atoms with Gasteiger partial charge in [0.15, 0.2) is 11.6 Å². The Labute approximate surface area is 152 Å². The van der Waals surface area contributed by atoms with Gasteiger partial charge in [0.25, 0.3) is 0 Å². The quantitative estimate of drug-likeness (QED) is 0.508. The van der Waals surface area contributed by atoms with Crippen molar-refractivity contribution in [3.8, 4) is 5.75 Å². The number of benzene rings is 1. The first-order valence-electron chi connectivity index (χ1n) is 8.56. The number of nitrogens with two attached hydrogens (primary N) is 1. The topological polar surface area (TPSA) is 103 Å². The van der Waals surface area contributed by atoms with Gasteiger partial charge in [-0.15, -0.1) is 0 Å². The summed E-state index contributed by atoms with van der Waals surface area (Å²) in [6, 6.07) is 7.65. The standard InChI is InChI=1S/C18H23N7O/c1-2-26-15-6-4-14(5-7-15)24-18-16(19)17(22-12-23-18)21-8-3-10-25-11-9-20-13-25/h4-7,9,11-13H,2-3,8,10,19H2,1H3,(H2,21,22,23,24). The smallest absolute Gasteiger partial charge is 0.159 e. The van der Waals surface area contributed by atoms with E-state index in [-0.39, 0.29) is 0 Å². The van der Waals surface area contributed by atoms with Crippen LogP contribution in [0.3, 0.4) is 0 Å². The Morgan fingerprint density at radius 1 is 1.15 bits per heavy atom. The van der Waals surface area contributed by atoms with Crippen LogP contribution in [0.5, 0.6) is 5.75 Å². The van der Waals surface area contributed by atoms with E-state index in [1.165, 1.54) is 6.33 Å². The lowest BCUT2D eigenvalue weighted by Crippen LogP contribution is -2.10. The van der Waals surface area contributed by atoms with Gasteiger partial charge in [0, 0.05) is 31.2 Å². The molecule has 1 aromatic carbocycles. The number of nitrogens with one attached hydrogen (secondary N) is 2. The molecule has 8 heteroatoms. The maximum Gasteiger partial charge on any atom is 0.159 e. The molecular formula is C18H23N7O. The van der Waals surface area contributed by atoms with Gasteiger partial charge in [0.1, 0.15) is 17.8 Å². The van der Waals surface area contributed by atoms with Crippen LogP contribution in [-0.4, -0.2) is 32.7 Å². The van der Waals surface area contributed by atoms with Gasteiger partial charge in [0.05, 0.1) is 12.9 Å². The highest BCUT2D eigenvalue weighted by atomic mass is 16.5. The Kier molecular flexibility index (Phi) is 5.87. The van der Waals surface area contributed by atoms with Crippen LogP contribution >= 0.6 is 0 Å². The molecular weight excluding hydrogens is 330 g/mol. The monoisotopic (exact) mass is 353 g/mol. The van der Waals surface area contributed by atoms with Crippen molar-refractivity contribution in [3.05, 3.63) is 49.3 Å². The van der Waals surface area contributed by atoms with E-state index in [1.54, 1.807) is 12.5 Å². The van der Waals surface area contributed by atoms with Crippen molar-refractivity contribution in [1.82, 2.24) is 19.5 Å². The van der Waals surface area contributed by atoms with E-state index in [0.717, 1.165) is 30.9 Å². The van der Waals surface area contributed by atoms with Crippen molar-refractivity contribution >= 4 is 23.0 Å². The molecule has 2 heterocycles. The number of nitrogen functional groups attached to an aromatic ring is 1. The number of aryl methyl sites for hydroxylation is 1. The minimum absolute atomic E-state index is 0.490. The lowest BCUT2D eigenvalue weighted by Gasteiger charge is -2.13. The van der Waals surface area contributed by atoms with Crippen LogP contribution in [0.4, 0.5) is 23.0 Å². The number of rotatable bonds is 9. The zero-order valence-corrected chi connectivity index (χ0v) is 14.7. The van der Waals surface area contributed by atoms with Gasteiger partial charge in [-0.05, 0) is 37.6 Å². The number of nitrogens with zero attached hydrogens (tertiary/aromatic N) is 4. The van der Waals surface area contributed by atoms with E-state index in [9.17, 15) is 0 Å². The van der Waals surface area contributed by atoms with E-state index in [0.29, 0.717) is 23.9 Å². The summed E-state index contributed by atoms with van der Waals surface area (Å²) in [6.07, 6.45) is 7.94. The highest BCUT2D eigenvalue weighted by Gasteiger charge is 2.08. The lowest BCUT2D eigenvalue weighted by atomic mass is 10.3. The Bertz CT molecular complexity index is 803. The van der Waals surface area contributed by atoms with Gasteiger partial charge < -0.3 is 25.7 Å². The van der Waals surface area contributed by atoms with Crippen LogP contribution in [0.15, 0.2) is 49.3 Å². The predicted molar refractivity (Wildman–Crippen MR) is 103 cm³/mol. The number of ether oxygens (including phenoxy) is 1. The first-order valence-corrected chi connectivity index (χ1v) is 8.56. The molecule has 0 bridgehead atoms. The molecule has 3 aromatic rings. The molecule has 0 amide bonds. The van der Waals surface area contributed by atoms with Crippen molar-refractivity contribution < 1.29 is 4.74 Å². The Morgan fingerprint density at radius 2 is 1.96 bits per heavy atom. The zero-order valence-electron chi connectivity index (χ0n) is 14.7. The highest BCUT2D eigenvalue weighted by Crippen LogP contribution is 2.26. The summed E-state index contributed by atoms with van der Waals surface area (Å²) in [5.74, 6) is 2.02. The Hall–Kier alpha value is -3.29. The normalized spacial score (nSPS) is 10.5. The summed E-state index contributed by atoms with van der Waals surface area (Å²) >= 11 is 0. The van der Waals surface area contributed by atoms with Gasteiger partial charge in [-0.25, -0.2) is 15.0 Å². The molecule has 136 valence electrons. The molecule has 0 atom stereocenters. The first kappa shape index (κ1) is 17.5. The largest absolute Gasteiger partial charge is 0.494 e. The third-order valence-electron chi connectivity index (χ3n) is 3.76. The van der Waals surface area contributed by atoms with Crippen LogP contribution in [0, 0.1) is 0 Å². The molecule has 0 radical (unpaired) electrons. The Morgan fingerprint density at radius 3 is 2.69 bits per heavy atom. The van der Waals surface area contributed by atoms with Crippen molar-refractivity contribution in [3.63, 3.8) is 0 Å². The predicted octanol–water partition coefficient (Wildman–Crippen LogP) is 2.90. The fourth-order valence-corrected chi connectivity index (χ4v) is 2.46. The summed E-state index contributed by atoms with van der Waals surface area (Å²) in [6.45, 7) is 4.23. The number of aromatic nitrogens is 4. The average Bonchev–Trinajstić information content (AvgIpc) is 3.17. The average molecular weight is 353 g/mol. The fourth-order valence-electron chi connectivity index (χ4n) is 2.46. The highest BCUT2D eigenvalue weighted by molar-refractivity contribution is 5.77. The number of hydrogen-bond acceptors (Lipinski definition) is 7. The van der Waals surface area contributed by atoms with Gasteiger partial charge >= 0.3 is 0 Å². The number of imidazole rings is 1. The zero-order chi connectivity index (χ0) is 18.2. The SMILES string of the molecule is CCOc1ccc(Nc2ncnc(NCCCn3ccnc3)c2N)cc1.